The zero-order chi connectivity index (χ0) is 8.55. The third-order valence-electron chi connectivity index (χ3n) is 2.84. The predicted molar refractivity (Wildman–Crippen MR) is 49.9 cm³/mol. The first-order valence-corrected chi connectivity index (χ1v) is 4.65. The molecular weight excluding hydrogens is 148 g/mol. The summed E-state index contributed by atoms with van der Waals surface area (Å²) >= 11 is 0. The summed E-state index contributed by atoms with van der Waals surface area (Å²) in [6, 6.07) is 3.70. The molecule has 2 heterocycles. The Balaban J connectivity index is 1.95. The molecule has 1 aliphatic rings. The second-order valence-corrected chi connectivity index (χ2v) is 3.83. The number of aromatic nitrogens is 1. The van der Waals surface area contributed by atoms with Crippen molar-refractivity contribution in [2.45, 2.75) is 38.9 Å². The number of H-pyrrole nitrogens is 1. The molecule has 1 aromatic rings. The van der Waals surface area contributed by atoms with Gasteiger partial charge in [-0.3, -0.25) is 4.90 Å². The van der Waals surface area contributed by atoms with Gasteiger partial charge in [-0.1, -0.05) is 0 Å². The van der Waals surface area contributed by atoms with Crippen LogP contribution in [0.2, 0.25) is 0 Å². The Bertz CT molecular complexity index is 232. The largest absolute Gasteiger partial charge is 0.367 e. The molecule has 0 spiro atoms. The van der Waals surface area contributed by atoms with E-state index in [4.69, 9.17) is 0 Å². The lowest BCUT2D eigenvalue weighted by Gasteiger charge is -2.45. The van der Waals surface area contributed by atoms with Gasteiger partial charge in [0.15, 0.2) is 0 Å². The van der Waals surface area contributed by atoms with Crippen LogP contribution in [0.15, 0.2) is 18.5 Å². The van der Waals surface area contributed by atoms with Crippen LogP contribution < -0.4 is 0 Å². The molecule has 2 atom stereocenters. The van der Waals surface area contributed by atoms with E-state index in [-0.39, 0.29) is 0 Å². The van der Waals surface area contributed by atoms with Gasteiger partial charge in [0.25, 0.3) is 0 Å². The average molecular weight is 164 g/mol. The second-order valence-electron chi connectivity index (χ2n) is 3.83. The molecule has 0 aromatic carbocycles. The van der Waals surface area contributed by atoms with E-state index in [1.807, 2.05) is 6.20 Å². The van der Waals surface area contributed by atoms with Gasteiger partial charge in [-0.25, -0.2) is 0 Å². The van der Waals surface area contributed by atoms with E-state index in [1.54, 1.807) is 0 Å². The summed E-state index contributed by atoms with van der Waals surface area (Å²) in [7, 11) is 0. The van der Waals surface area contributed by atoms with E-state index in [0.29, 0.717) is 0 Å². The number of hydrogen-bond donors (Lipinski definition) is 1. The molecule has 1 aromatic heterocycles. The summed E-state index contributed by atoms with van der Waals surface area (Å²) in [4.78, 5) is 5.62. The molecule has 2 unspecified atom stereocenters. The quantitative estimate of drug-likeness (QED) is 0.708. The van der Waals surface area contributed by atoms with Crippen molar-refractivity contribution in [3.05, 3.63) is 24.0 Å². The maximum Gasteiger partial charge on any atom is 0.0254 e. The summed E-state index contributed by atoms with van der Waals surface area (Å²) in [5.74, 6) is 0. The summed E-state index contributed by atoms with van der Waals surface area (Å²) < 4.78 is 0. The molecule has 2 rings (SSSR count). The zero-order valence-electron chi connectivity index (χ0n) is 7.75. The monoisotopic (exact) mass is 164 g/mol. The minimum absolute atomic E-state index is 0.773. The predicted octanol–water partition coefficient (Wildman–Crippen LogP) is 2.00. The second kappa shape index (κ2) is 2.94. The van der Waals surface area contributed by atoms with Crippen LogP contribution in [0.25, 0.3) is 0 Å². The molecular formula is C10H16N2. The van der Waals surface area contributed by atoms with Crippen molar-refractivity contribution in [1.82, 2.24) is 9.88 Å². The number of hydrogen-bond acceptors (Lipinski definition) is 1. The molecule has 1 N–H and O–H groups in total. The highest BCUT2D eigenvalue weighted by Gasteiger charge is 2.31. The van der Waals surface area contributed by atoms with Gasteiger partial charge in [0, 0.05) is 31.0 Å². The van der Waals surface area contributed by atoms with E-state index in [1.165, 1.54) is 12.0 Å². The molecule has 1 aliphatic heterocycles. The van der Waals surface area contributed by atoms with Crippen molar-refractivity contribution in [3.8, 4) is 0 Å². The molecule has 0 bridgehead atoms. The first-order chi connectivity index (χ1) is 5.77. The van der Waals surface area contributed by atoms with Crippen molar-refractivity contribution >= 4 is 0 Å². The minimum atomic E-state index is 0.773. The van der Waals surface area contributed by atoms with Gasteiger partial charge in [0.1, 0.15) is 0 Å². The lowest BCUT2D eigenvalue weighted by molar-refractivity contribution is 0.0296. The van der Waals surface area contributed by atoms with Crippen LogP contribution >= 0.6 is 0 Å². The molecule has 66 valence electrons. The van der Waals surface area contributed by atoms with Gasteiger partial charge in [-0.05, 0) is 31.9 Å². The van der Waals surface area contributed by atoms with Crippen LogP contribution in [0.5, 0.6) is 0 Å². The Morgan fingerprint density at radius 1 is 1.50 bits per heavy atom. The SMILES string of the molecule is CC1CC(C)N1Cc1cc[nH]c1. The highest BCUT2D eigenvalue weighted by molar-refractivity contribution is 5.09. The van der Waals surface area contributed by atoms with Crippen molar-refractivity contribution in [2.24, 2.45) is 0 Å². The Morgan fingerprint density at radius 3 is 2.75 bits per heavy atom. The zero-order valence-corrected chi connectivity index (χ0v) is 7.75. The van der Waals surface area contributed by atoms with Crippen molar-refractivity contribution in [1.29, 1.82) is 0 Å². The normalized spacial score (nSPS) is 30.2. The van der Waals surface area contributed by atoms with E-state index in [2.05, 4.69) is 36.0 Å². The van der Waals surface area contributed by atoms with Gasteiger partial charge in [-0.2, -0.15) is 0 Å². The molecule has 0 radical (unpaired) electrons. The number of nitrogens with zero attached hydrogens (tertiary/aromatic N) is 1. The molecule has 0 amide bonds. The highest BCUT2D eigenvalue weighted by atomic mass is 15.2. The van der Waals surface area contributed by atoms with Gasteiger partial charge < -0.3 is 4.98 Å². The fourth-order valence-corrected chi connectivity index (χ4v) is 2.04. The lowest BCUT2D eigenvalue weighted by Crippen LogP contribution is -2.51. The first kappa shape index (κ1) is 7.87. The minimum Gasteiger partial charge on any atom is -0.367 e. The number of nitrogens with one attached hydrogen (secondary N) is 1. The summed E-state index contributed by atoms with van der Waals surface area (Å²) in [5, 5.41) is 0. The third-order valence-corrected chi connectivity index (χ3v) is 2.84. The van der Waals surface area contributed by atoms with Crippen LogP contribution in [0.3, 0.4) is 0 Å². The number of aromatic amines is 1. The molecule has 1 saturated heterocycles. The maximum atomic E-state index is 3.09. The fraction of sp³-hybridized carbons (Fsp3) is 0.600. The van der Waals surface area contributed by atoms with Crippen LogP contribution in [0.1, 0.15) is 25.8 Å². The van der Waals surface area contributed by atoms with Crippen LogP contribution in [0, 0.1) is 0 Å². The van der Waals surface area contributed by atoms with Gasteiger partial charge in [-0.15, -0.1) is 0 Å². The van der Waals surface area contributed by atoms with E-state index >= 15 is 0 Å². The Kier molecular flexibility index (Phi) is 1.93. The van der Waals surface area contributed by atoms with Crippen LogP contribution in [0.4, 0.5) is 0 Å². The molecule has 0 aliphatic carbocycles. The first-order valence-electron chi connectivity index (χ1n) is 4.65. The van der Waals surface area contributed by atoms with E-state index in [9.17, 15) is 0 Å². The topological polar surface area (TPSA) is 19.0 Å². The standard InChI is InChI=1S/C10H16N2/c1-8-5-9(2)12(8)7-10-3-4-11-6-10/h3-4,6,8-9,11H,5,7H2,1-2H3. The van der Waals surface area contributed by atoms with Crippen molar-refractivity contribution in [2.75, 3.05) is 0 Å². The molecule has 0 saturated carbocycles. The lowest BCUT2D eigenvalue weighted by atomic mass is 9.95. The number of likely N-dealkylation sites (tertiary alicyclic amines) is 1. The van der Waals surface area contributed by atoms with Gasteiger partial charge in [0.05, 0.1) is 0 Å². The van der Waals surface area contributed by atoms with E-state index in [0.717, 1.165) is 18.6 Å². The smallest absolute Gasteiger partial charge is 0.0254 e. The van der Waals surface area contributed by atoms with Crippen LogP contribution in [-0.2, 0) is 6.54 Å². The fourth-order valence-electron chi connectivity index (χ4n) is 2.04. The van der Waals surface area contributed by atoms with Gasteiger partial charge in [0.2, 0.25) is 0 Å². The molecule has 2 heteroatoms. The Morgan fingerprint density at radius 2 is 2.25 bits per heavy atom. The third kappa shape index (κ3) is 1.27. The van der Waals surface area contributed by atoms with Crippen LogP contribution in [-0.4, -0.2) is 22.0 Å². The Hall–Kier alpha value is -0.760. The maximum absolute atomic E-state index is 3.09. The number of rotatable bonds is 2. The van der Waals surface area contributed by atoms with Crippen molar-refractivity contribution < 1.29 is 0 Å². The Labute approximate surface area is 73.6 Å². The summed E-state index contributed by atoms with van der Waals surface area (Å²) in [6.07, 6.45) is 5.42. The molecule has 1 fully saturated rings. The van der Waals surface area contributed by atoms with Gasteiger partial charge >= 0.3 is 0 Å². The average Bonchev–Trinajstić information content (AvgIpc) is 2.52. The van der Waals surface area contributed by atoms with Crippen molar-refractivity contribution in [3.63, 3.8) is 0 Å². The molecule has 12 heavy (non-hydrogen) atoms. The highest BCUT2D eigenvalue weighted by Crippen LogP contribution is 2.26. The summed E-state index contributed by atoms with van der Waals surface area (Å²) in [6.45, 7) is 5.70. The van der Waals surface area contributed by atoms with E-state index < -0.39 is 0 Å². The summed E-state index contributed by atoms with van der Waals surface area (Å²) in [5.41, 5.74) is 1.40. The molecule has 2 nitrogen and oxygen atoms in total.